The van der Waals surface area contributed by atoms with Gasteiger partial charge < -0.3 is 9.47 Å². The van der Waals surface area contributed by atoms with Gasteiger partial charge in [-0.05, 0) is 33.4 Å². The number of rotatable bonds is 16. The van der Waals surface area contributed by atoms with Gasteiger partial charge in [-0.2, -0.15) is 0 Å². The Labute approximate surface area is 376 Å². The summed E-state index contributed by atoms with van der Waals surface area (Å²) in [7, 11) is 0. The zero-order chi connectivity index (χ0) is 43.5. The molecule has 9 aromatic carbocycles. The lowest BCUT2D eigenvalue weighted by molar-refractivity contribution is -0.159. The predicted molar refractivity (Wildman–Crippen MR) is 257 cm³/mol. The third-order valence-electron chi connectivity index (χ3n) is 12.1. The Morgan fingerprint density at radius 3 is 0.797 bits per heavy atom. The van der Waals surface area contributed by atoms with Gasteiger partial charge in [-0.1, -0.05) is 273 Å². The highest BCUT2D eigenvalue weighted by Gasteiger charge is 2.47. The van der Waals surface area contributed by atoms with Crippen molar-refractivity contribution in [3.63, 3.8) is 0 Å². The minimum atomic E-state index is -1.34. The van der Waals surface area contributed by atoms with Crippen LogP contribution in [0.1, 0.15) is 50.1 Å². The maximum Gasteiger partial charge on any atom is 0.327 e. The van der Waals surface area contributed by atoms with Crippen LogP contribution in [-0.2, 0) is 31.0 Å². The van der Waals surface area contributed by atoms with Crippen molar-refractivity contribution in [3.8, 4) is 0 Å². The van der Waals surface area contributed by atoms with Gasteiger partial charge in [-0.15, -0.1) is 0 Å². The van der Waals surface area contributed by atoms with Crippen molar-refractivity contribution in [2.75, 3.05) is 6.61 Å². The third kappa shape index (κ3) is 8.09. The average molecular weight is 832 g/mol. The number of esters is 1. The van der Waals surface area contributed by atoms with E-state index in [4.69, 9.17) is 9.47 Å². The predicted octanol–water partition coefficient (Wildman–Crippen LogP) is 12.5. The fraction of sp³-hybridized carbons (Fsp3) is 0.0833. The lowest BCUT2D eigenvalue weighted by Gasteiger charge is -2.42. The molecule has 0 aliphatic carbocycles. The normalized spacial score (nSPS) is 12.2. The summed E-state index contributed by atoms with van der Waals surface area (Å²) in [6.45, 7) is -0.0970. The van der Waals surface area contributed by atoms with Crippen LogP contribution in [0.15, 0.2) is 273 Å². The molecular formula is C60H49NO3. The molecule has 0 radical (unpaired) electrons. The van der Waals surface area contributed by atoms with E-state index in [9.17, 15) is 0 Å². The van der Waals surface area contributed by atoms with Crippen LogP contribution in [0.25, 0.3) is 0 Å². The molecular weight excluding hydrogens is 783 g/mol. The van der Waals surface area contributed by atoms with Gasteiger partial charge in [0.25, 0.3) is 0 Å². The van der Waals surface area contributed by atoms with Crippen LogP contribution in [0.3, 0.4) is 0 Å². The first-order valence-electron chi connectivity index (χ1n) is 21.8. The smallest absolute Gasteiger partial charge is 0.327 e. The summed E-state index contributed by atoms with van der Waals surface area (Å²) in [5.74, 6) is -0.494. The molecule has 0 heterocycles. The van der Waals surface area contributed by atoms with Crippen molar-refractivity contribution in [2.45, 2.75) is 22.8 Å². The highest BCUT2D eigenvalue weighted by molar-refractivity contribution is 5.78. The van der Waals surface area contributed by atoms with Gasteiger partial charge in [0, 0.05) is 16.7 Å². The largest absolute Gasteiger partial charge is 0.443 e. The van der Waals surface area contributed by atoms with Crippen LogP contribution in [0.4, 0.5) is 0 Å². The fourth-order valence-electron chi connectivity index (χ4n) is 9.14. The molecule has 0 aliphatic heterocycles. The Bertz CT molecular complexity index is 2520. The number of benzene rings is 9. The summed E-state index contributed by atoms with van der Waals surface area (Å²) in [5, 5.41) is 4.02. The molecule has 0 amide bonds. The monoisotopic (exact) mass is 831 g/mol. The van der Waals surface area contributed by atoms with E-state index in [0.29, 0.717) is 0 Å². The fourth-order valence-corrected chi connectivity index (χ4v) is 9.14. The quantitative estimate of drug-likeness (QED) is 0.0778. The topological polar surface area (TPSA) is 47.6 Å². The van der Waals surface area contributed by atoms with E-state index in [-0.39, 0.29) is 6.61 Å². The zero-order valence-electron chi connectivity index (χ0n) is 35.5. The van der Waals surface area contributed by atoms with Crippen LogP contribution in [0.2, 0.25) is 0 Å². The second-order valence-electron chi connectivity index (χ2n) is 15.8. The maximum atomic E-state index is 16.2. The maximum absolute atomic E-state index is 16.2. The second-order valence-corrected chi connectivity index (χ2v) is 15.8. The van der Waals surface area contributed by atoms with Crippen molar-refractivity contribution in [1.29, 1.82) is 0 Å². The molecule has 0 bridgehead atoms. The van der Waals surface area contributed by atoms with Crippen LogP contribution < -0.4 is 5.32 Å². The molecule has 0 unspecified atom stereocenters. The van der Waals surface area contributed by atoms with E-state index >= 15 is 4.79 Å². The Kier molecular flexibility index (Phi) is 12.5. The molecule has 312 valence electrons. The molecule has 4 heteroatoms. The second kappa shape index (κ2) is 19.2. The Morgan fingerprint density at radius 1 is 0.328 bits per heavy atom. The highest BCUT2D eigenvalue weighted by atomic mass is 16.6. The number of carbonyl (C=O) groups is 1. The summed E-state index contributed by atoms with van der Waals surface area (Å²) >= 11 is 0. The summed E-state index contributed by atoms with van der Waals surface area (Å²) in [6, 6.07) is 90.7. The molecule has 9 aromatic rings. The molecule has 0 aromatic heterocycles. The summed E-state index contributed by atoms with van der Waals surface area (Å²) in [6.07, 6.45) is 0. The molecule has 4 nitrogen and oxygen atoms in total. The van der Waals surface area contributed by atoms with Crippen molar-refractivity contribution < 1.29 is 14.3 Å². The number of nitrogens with one attached hydrogen (secondary N) is 1. The van der Waals surface area contributed by atoms with Gasteiger partial charge in [0.2, 0.25) is 0 Å². The molecule has 0 saturated carbocycles. The first-order valence-corrected chi connectivity index (χ1v) is 21.8. The molecule has 9 rings (SSSR count). The lowest BCUT2D eigenvalue weighted by Crippen LogP contribution is -2.56. The molecule has 1 atom stereocenters. The molecule has 0 spiro atoms. The minimum Gasteiger partial charge on any atom is -0.443 e. The molecule has 1 N–H and O–H groups in total. The zero-order valence-corrected chi connectivity index (χ0v) is 35.5. The molecule has 0 fully saturated rings. The van der Waals surface area contributed by atoms with Gasteiger partial charge in [0.05, 0.1) is 12.1 Å². The Morgan fingerprint density at radius 2 is 0.547 bits per heavy atom. The van der Waals surface area contributed by atoms with Crippen molar-refractivity contribution >= 4 is 5.97 Å². The van der Waals surface area contributed by atoms with Gasteiger partial charge in [0.1, 0.15) is 11.6 Å². The minimum absolute atomic E-state index is 0.0970. The van der Waals surface area contributed by atoms with Crippen LogP contribution in [0, 0.1) is 0 Å². The van der Waals surface area contributed by atoms with Gasteiger partial charge in [-0.25, -0.2) is 0 Å². The first kappa shape index (κ1) is 41.7. The van der Waals surface area contributed by atoms with Crippen LogP contribution in [-0.4, -0.2) is 18.6 Å². The van der Waals surface area contributed by atoms with Gasteiger partial charge in [-0.3, -0.25) is 10.1 Å². The van der Waals surface area contributed by atoms with Crippen LogP contribution >= 0.6 is 0 Å². The summed E-state index contributed by atoms with van der Waals surface area (Å²) in [4.78, 5) is 16.2. The summed E-state index contributed by atoms with van der Waals surface area (Å²) in [5.41, 5.74) is 4.53. The molecule has 0 aliphatic rings. The third-order valence-corrected chi connectivity index (χ3v) is 12.1. The van der Waals surface area contributed by atoms with E-state index in [2.05, 4.69) is 78.1 Å². The Balaban J connectivity index is 1.28. The molecule has 64 heavy (non-hydrogen) atoms. The number of hydrogen-bond donors (Lipinski definition) is 1. The van der Waals surface area contributed by atoms with Crippen molar-refractivity contribution in [2.24, 2.45) is 0 Å². The van der Waals surface area contributed by atoms with E-state index < -0.39 is 28.8 Å². The van der Waals surface area contributed by atoms with E-state index in [0.717, 1.165) is 50.1 Å². The number of hydrogen-bond acceptors (Lipinski definition) is 4. The highest BCUT2D eigenvalue weighted by Crippen LogP contribution is 2.44. The number of ether oxygens (including phenoxy) is 2. The Hall–Kier alpha value is -7.63. The lowest BCUT2D eigenvalue weighted by atomic mass is 9.76. The van der Waals surface area contributed by atoms with Crippen LogP contribution in [0.5, 0.6) is 0 Å². The van der Waals surface area contributed by atoms with E-state index in [1.807, 2.05) is 200 Å². The van der Waals surface area contributed by atoms with Crippen molar-refractivity contribution in [3.05, 3.63) is 323 Å². The standard InChI is InChI=1S/C60H49NO3/c62-57(64-60(53-40-22-7-23-41-53,54-42-24-8-25-43-54)55-44-26-9-27-45-55)56(61-58(47-28-10-1-11-29-47,48-30-12-2-13-31-48)49-32-14-3-15-33-49)46-63-59(50-34-16-4-17-35-50,51-36-18-5-19-37-51)52-38-20-6-21-39-52/h1-45,56,61H,46H2/t56-/m0/s1. The van der Waals surface area contributed by atoms with Gasteiger partial charge in [0.15, 0.2) is 5.60 Å². The average Bonchev–Trinajstić information content (AvgIpc) is 3.39. The first-order chi connectivity index (χ1) is 31.6. The summed E-state index contributed by atoms with van der Waals surface area (Å²) < 4.78 is 14.9. The molecule has 0 saturated heterocycles. The SMILES string of the molecule is O=C(OC(c1ccccc1)(c1ccccc1)c1ccccc1)[C@H](COC(c1ccccc1)(c1ccccc1)c1ccccc1)NC(c1ccccc1)(c1ccccc1)c1ccccc1. The number of carbonyl (C=O) groups excluding carboxylic acids is 1. The van der Waals surface area contributed by atoms with E-state index in [1.54, 1.807) is 0 Å². The van der Waals surface area contributed by atoms with E-state index in [1.165, 1.54) is 0 Å². The van der Waals surface area contributed by atoms with Gasteiger partial charge >= 0.3 is 5.97 Å². The van der Waals surface area contributed by atoms with Crippen molar-refractivity contribution in [1.82, 2.24) is 5.32 Å².